The fourth-order valence-corrected chi connectivity index (χ4v) is 3.68. The zero-order valence-corrected chi connectivity index (χ0v) is 13.9. The molecule has 126 valence electrons. The molecule has 2 amide bonds. The molecular formula is C17H17FN2O3S. The molecule has 1 aliphatic heterocycles. The third kappa shape index (κ3) is 3.32. The van der Waals surface area contributed by atoms with Gasteiger partial charge in [-0.2, -0.15) is 0 Å². The van der Waals surface area contributed by atoms with E-state index in [9.17, 15) is 14.0 Å². The summed E-state index contributed by atoms with van der Waals surface area (Å²) in [4.78, 5) is 27.1. The van der Waals surface area contributed by atoms with Gasteiger partial charge in [0.05, 0.1) is 18.0 Å². The molecule has 0 spiro atoms. The third-order valence-electron chi connectivity index (χ3n) is 3.95. The smallest absolute Gasteiger partial charge is 0.264 e. The first kappa shape index (κ1) is 16.6. The maximum Gasteiger partial charge on any atom is 0.264 e. The van der Waals surface area contributed by atoms with Gasteiger partial charge in [-0.25, -0.2) is 4.39 Å². The Morgan fingerprint density at radius 1 is 1.33 bits per heavy atom. The van der Waals surface area contributed by atoms with Gasteiger partial charge in [0, 0.05) is 11.4 Å². The first-order valence-corrected chi connectivity index (χ1v) is 8.34. The Morgan fingerprint density at radius 2 is 2.04 bits per heavy atom. The number of amides is 2. The molecule has 0 radical (unpaired) electrons. The van der Waals surface area contributed by atoms with Crippen LogP contribution in [-0.2, 0) is 9.53 Å². The average molecular weight is 348 g/mol. The van der Waals surface area contributed by atoms with E-state index in [0.29, 0.717) is 11.4 Å². The van der Waals surface area contributed by atoms with E-state index in [4.69, 9.17) is 10.5 Å². The summed E-state index contributed by atoms with van der Waals surface area (Å²) < 4.78 is 18.3. The first-order valence-electron chi connectivity index (χ1n) is 7.52. The molecule has 24 heavy (non-hydrogen) atoms. The van der Waals surface area contributed by atoms with Crippen LogP contribution in [-0.4, -0.2) is 42.5 Å². The number of hydrogen-bond donors (Lipinski definition) is 1. The summed E-state index contributed by atoms with van der Waals surface area (Å²) in [5.74, 6) is -1.01. The number of carbonyl (C=O) groups is 2. The number of aryl methyl sites for hydroxylation is 1. The topological polar surface area (TPSA) is 72.6 Å². The Morgan fingerprint density at radius 3 is 2.71 bits per heavy atom. The van der Waals surface area contributed by atoms with E-state index in [0.717, 1.165) is 16.0 Å². The van der Waals surface area contributed by atoms with Crippen molar-refractivity contribution in [2.24, 2.45) is 5.73 Å². The van der Waals surface area contributed by atoms with Crippen LogP contribution in [0.3, 0.4) is 0 Å². The predicted octanol–water partition coefficient (Wildman–Crippen LogP) is 2.19. The molecule has 1 aromatic carbocycles. The molecule has 2 heterocycles. The van der Waals surface area contributed by atoms with Crippen LogP contribution in [0.2, 0.25) is 0 Å². The average Bonchev–Trinajstić information content (AvgIpc) is 2.97. The number of benzene rings is 1. The molecule has 3 rings (SSSR count). The van der Waals surface area contributed by atoms with Gasteiger partial charge in [0.25, 0.3) is 5.91 Å². The van der Waals surface area contributed by atoms with Crippen molar-refractivity contribution >= 4 is 23.2 Å². The predicted molar refractivity (Wildman–Crippen MR) is 89.3 cm³/mol. The largest absolute Gasteiger partial charge is 0.367 e. The van der Waals surface area contributed by atoms with Crippen LogP contribution in [0.15, 0.2) is 30.3 Å². The number of hydrogen-bond acceptors (Lipinski definition) is 4. The molecule has 5 nitrogen and oxygen atoms in total. The van der Waals surface area contributed by atoms with Crippen molar-refractivity contribution in [2.75, 3.05) is 19.7 Å². The number of ether oxygens (including phenoxy) is 1. The second kappa shape index (κ2) is 6.70. The number of carbonyl (C=O) groups excluding carboxylic acids is 2. The second-order valence-electron chi connectivity index (χ2n) is 5.60. The Hall–Kier alpha value is -2.25. The summed E-state index contributed by atoms with van der Waals surface area (Å²) >= 11 is 1.38. The number of thiophene rings is 1. The van der Waals surface area contributed by atoms with Gasteiger partial charge in [-0.05, 0) is 36.2 Å². The van der Waals surface area contributed by atoms with Gasteiger partial charge >= 0.3 is 0 Å². The Labute approximate surface area is 142 Å². The van der Waals surface area contributed by atoms with Crippen LogP contribution in [0, 0.1) is 12.7 Å². The van der Waals surface area contributed by atoms with E-state index < -0.39 is 12.0 Å². The highest BCUT2D eigenvalue weighted by Gasteiger charge is 2.29. The summed E-state index contributed by atoms with van der Waals surface area (Å²) in [6, 6.07) is 7.98. The molecule has 2 aromatic rings. The van der Waals surface area contributed by atoms with Crippen LogP contribution < -0.4 is 5.73 Å². The van der Waals surface area contributed by atoms with Gasteiger partial charge in [-0.15, -0.1) is 11.3 Å². The van der Waals surface area contributed by atoms with Crippen LogP contribution in [0.5, 0.6) is 0 Å². The zero-order chi connectivity index (χ0) is 17.3. The maximum atomic E-state index is 13.1. The van der Waals surface area contributed by atoms with Gasteiger partial charge in [0.1, 0.15) is 5.82 Å². The standard InChI is InChI=1S/C17H17FN2O3S/c1-10-13(11-2-4-12(18)5-3-11)8-15(24-10)17(22)20-6-7-23-14(9-20)16(19)21/h2-5,8,14H,6-7,9H2,1H3,(H2,19,21)/t14-/m0/s1. The molecule has 0 unspecified atom stereocenters. The summed E-state index contributed by atoms with van der Waals surface area (Å²) in [5, 5.41) is 0. The zero-order valence-electron chi connectivity index (χ0n) is 13.1. The van der Waals surface area contributed by atoms with Crippen molar-refractivity contribution in [3.63, 3.8) is 0 Å². The van der Waals surface area contributed by atoms with Gasteiger partial charge in [-0.3, -0.25) is 9.59 Å². The molecule has 1 saturated heterocycles. The number of rotatable bonds is 3. The molecular weight excluding hydrogens is 331 g/mol. The lowest BCUT2D eigenvalue weighted by atomic mass is 10.1. The van der Waals surface area contributed by atoms with Gasteiger partial charge in [0.2, 0.25) is 5.91 Å². The van der Waals surface area contributed by atoms with Gasteiger partial charge < -0.3 is 15.4 Å². The lowest BCUT2D eigenvalue weighted by Gasteiger charge is -2.31. The highest BCUT2D eigenvalue weighted by molar-refractivity contribution is 7.14. The molecule has 1 aromatic heterocycles. The monoisotopic (exact) mass is 348 g/mol. The number of nitrogens with zero attached hydrogens (tertiary/aromatic N) is 1. The molecule has 1 fully saturated rings. The van der Waals surface area contributed by atoms with E-state index in [1.165, 1.54) is 23.5 Å². The first-order chi connectivity index (χ1) is 11.5. The Balaban J connectivity index is 1.82. The minimum absolute atomic E-state index is 0.147. The van der Waals surface area contributed by atoms with E-state index >= 15 is 0 Å². The number of morpholine rings is 1. The third-order valence-corrected chi connectivity index (χ3v) is 4.99. The minimum Gasteiger partial charge on any atom is -0.367 e. The quantitative estimate of drug-likeness (QED) is 0.924. The second-order valence-corrected chi connectivity index (χ2v) is 6.86. The maximum absolute atomic E-state index is 13.1. The van der Waals surface area contributed by atoms with Crippen molar-refractivity contribution < 1.29 is 18.7 Å². The summed E-state index contributed by atoms with van der Waals surface area (Å²) in [6.45, 7) is 2.79. The van der Waals surface area contributed by atoms with Crippen LogP contribution in [0.4, 0.5) is 4.39 Å². The normalized spacial score (nSPS) is 17.8. The Kier molecular flexibility index (Phi) is 4.64. The van der Waals surface area contributed by atoms with Gasteiger partial charge in [-0.1, -0.05) is 12.1 Å². The fraction of sp³-hybridized carbons (Fsp3) is 0.294. The minimum atomic E-state index is -0.764. The van der Waals surface area contributed by atoms with Crippen molar-refractivity contribution in [1.29, 1.82) is 0 Å². The fourth-order valence-electron chi connectivity index (χ4n) is 2.67. The lowest BCUT2D eigenvalue weighted by Crippen LogP contribution is -2.50. The summed E-state index contributed by atoms with van der Waals surface area (Å²) in [6.07, 6.45) is -0.764. The number of halogens is 1. The molecule has 0 bridgehead atoms. The molecule has 7 heteroatoms. The molecule has 1 aliphatic rings. The molecule has 0 aliphatic carbocycles. The van der Waals surface area contributed by atoms with E-state index in [1.54, 1.807) is 17.0 Å². The van der Waals surface area contributed by atoms with Crippen molar-refractivity contribution in [2.45, 2.75) is 13.0 Å². The van der Waals surface area contributed by atoms with E-state index in [2.05, 4.69) is 0 Å². The van der Waals surface area contributed by atoms with Crippen molar-refractivity contribution in [1.82, 2.24) is 4.90 Å². The van der Waals surface area contributed by atoms with Crippen molar-refractivity contribution in [3.05, 3.63) is 45.9 Å². The SMILES string of the molecule is Cc1sc(C(=O)N2CCO[C@H](C(N)=O)C2)cc1-c1ccc(F)cc1. The van der Waals surface area contributed by atoms with Gasteiger partial charge in [0.15, 0.2) is 6.10 Å². The van der Waals surface area contributed by atoms with Crippen LogP contribution in [0.1, 0.15) is 14.5 Å². The van der Waals surface area contributed by atoms with Crippen LogP contribution in [0.25, 0.3) is 11.1 Å². The molecule has 2 N–H and O–H groups in total. The van der Waals surface area contributed by atoms with E-state index in [1.807, 2.05) is 13.0 Å². The number of nitrogens with two attached hydrogens (primary N) is 1. The summed E-state index contributed by atoms with van der Waals surface area (Å²) in [5.41, 5.74) is 7.02. The summed E-state index contributed by atoms with van der Waals surface area (Å²) in [7, 11) is 0. The van der Waals surface area contributed by atoms with Crippen LogP contribution >= 0.6 is 11.3 Å². The lowest BCUT2D eigenvalue weighted by molar-refractivity contribution is -0.133. The molecule has 0 saturated carbocycles. The highest BCUT2D eigenvalue weighted by atomic mass is 32.1. The van der Waals surface area contributed by atoms with Crippen molar-refractivity contribution in [3.8, 4) is 11.1 Å². The highest BCUT2D eigenvalue weighted by Crippen LogP contribution is 2.32. The number of primary amides is 1. The van der Waals surface area contributed by atoms with E-state index in [-0.39, 0.29) is 24.9 Å². The Bertz CT molecular complexity index is 773. The molecule has 1 atom stereocenters.